The fraction of sp³-hybridized carbons (Fsp3) is 0.0435. The van der Waals surface area contributed by atoms with Gasteiger partial charge in [0.05, 0.1) is 45.2 Å². The van der Waals surface area contributed by atoms with Crippen LogP contribution in [0.25, 0.3) is 38.0 Å². The number of nitriles is 1. The molecule has 3 aromatic heterocycles. The van der Waals surface area contributed by atoms with Gasteiger partial charge in [-0.25, -0.2) is 4.98 Å². The predicted octanol–water partition coefficient (Wildman–Crippen LogP) is 5.63. The summed E-state index contributed by atoms with van der Waals surface area (Å²) in [5.74, 6) is 1.65. The number of aromatic nitrogens is 3. The van der Waals surface area contributed by atoms with E-state index in [9.17, 15) is 0 Å². The molecule has 5 aromatic rings. The predicted molar refractivity (Wildman–Crippen MR) is 115 cm³/mol. The van der Waals surface area contributed by atoms with E-state index < -0.39 is 0 Å². The second kappa shape index (κ2) is 6.97. The summed E-state index contributed by atoms with van der Waals surface area (Å²) < 4.78 is 7.42. The Labute approximate surface area is 171 Å². The largest absolute Gasteiger partial charge is 0.497 e. The van der Waals surface area contributed by atoms with Gasteiger partial charge >= 0.3 is 0 Å². The van der Waals surface area contributed by atoms with Crippen molar-refractivity contribution in [3.05, 3.63) is 78.5 Å². The maximum atomic E-state index is 9.09. The van der Waals surface area contributed by atoms with Gasteiger partial charge in [0.2, 0.25) is 0 Å². The molecule has 0 unspecified atom stereocenters. The number of hydrogen-bond donors (Lipinski definition) is 1. The number of benzene rings is 2. The summed E-state index contributed by atoms with van der Waals surface area (Å²) in [4.78, 5) is 10.2. The van der Waals surface area contributed by atoms with E-state index in [1.807, 2.05) is 42.5 Å². The van der Waals surface area contributed by atoms with Crippen LogP contribution < -0.4 is 4.74 Å². The highest BCUT2D eigenvalue weighted by Gasteiger charge is 2.13. The van der Waals surface area contributed by atoms with Crippen LogP contribution in [-0.2, 0) is 0 Å². The third-order valence-electron chi connectivity index (χ3n) is 4.80. The Morgan fingerprint density at radius 3 is 2.66 bits per heavy atom. The highest BCUT2D eigenvalue weighted by Crippen LogP contribution is 2.35. The summed E-state index contributed by atoms with van der Waals surface area (Å²) >= 11 is 1.68. The molecule has 29 heavy (non-hydrogen) atoms. The first-order chi connectivity index (χ1) is 14.2. The number of methoxy groups -OCH3 is 1. The molecule has 0 amide bonds. The van der Waals surface area contributed by atoms with E-state index in [1.54, 1.807) is 24.5 Å². The Bertz CT molecular complexity index is 1350. The molecule has 0 spiro atoms. The molecule has 0 fully saturated rings. The van der Waals surface area contributed by atoms with E-state index in [-0.39, 0.29) is 0 Å². The number of ether oxygens (including phenoxy) is 1. The van der Waals surface area contributed by atoms with Crippen molar-refractivity contribution in [3.8, 4) is 38.8 Å². The number of nitrogens with zero attached hydrogens (tertiary/aromatic N) is 3. The van der Waals surface area contributed by atoms with E-state index >= 15 is 0 Å². The van der Waals surface area contributed by atoms with E-state index in [0.717, 1.165) is 43.7 Å². The number of aromatic amines is 1. The molecule has 1 N–H and O–H groups in total. The number of H-pyrrole nitrogens is 1. The highest BCUT2D eigenvalue weighted by molar-refractivity contribution is 7.18. The van der Waals surface area contributed by atoms with Crippen LogP contribution in [0.4, 0.5) is 0 Å². The summed E-state index contributed by atoms with van der Waals surface area (Å²) in [5, 5.41) is 9.09. The molecular formula is C23H16N4OS. The van der Waals surface area contributed by atoms with Crippen molar-refractivity contribution < 1.29 is 4.74 Å². The zero-order chi connectivity index (χ0) is 19.8. The summed E-state index contributed by atoms with van der Waals surface area (Å²) in [6, 6.07) is 24.0. The van der Waals surface area contributed by atoms with Crippen molar-refractivity contribution >= 4 is 22.4 Å². The van der Waals surface area contributed by atoms with E-state index in [1.165, 1.54) is 0 Å². The van der Waals surface area contributed by atoms with Crippen LogP contribution in [0.5, 0.6) is 5.75 Å². The zero-order valence-electron chi connectivity index (χ0n) is 15.6. The van der Waals surface area contributed by atoms with Gasteiger partial charge in [0.25, 0.3) is 0 Å². The molecule has 3 heterocycles. The molecule has 2 aromatic carbocycles. The Morgan fingerprint density at radius 1 is 1.03 bits per heavy atom. The normalized spacial score (nSPS) is 10.9. The molecule has 0 bridgehead atoms. The lowest BCUT2D eigenvalue weighted by molar-refractivity contribution is 0.415. The topological polar surface area (TPSA) is 66.6 Å². The third kappa shape index (κ3) is 3.08. The number of imidazole rings is 1. The first kappa shape index (κ1) is 17.3. The van der Waals surface area contributed by atoms with Crippen molar-refractivity contribution in [2.24, 2.45) is 0 Å². The molecular weight excluding hydrogens is 380 g/mol. The SMILES string of the molecule is COc1ccc(-n2cccc2-c2ccc(-c3nc4ccc(C#N)cc4[nH]3)s2)cc1. The molecule has 0 saturated heterocycles. The summed E-state index contributed by atoms with van der Waals surface area (Å²) in [6.45, 7) is 0. The van der Waals surface area contributed by atoms with E-state index in [2.05, 4.69) is 45.0 Å². The Balaban J connectivity index is 1.51. The molecule has 0 radical (unpaired) electrons. The van der Waals surface area contributed by atoms with Crippen molar-refractivity contribution in [3.63, 3.8) is 0 Å². The number of rotatable bonds is 4. The van der Waals surface area contributed by atoms with Crippen LogP contribution in [0.2, 0.25) is 0 Å². The van der Waals surface area contributed by atoms with Crippen LogP contribution in [-0.4, -0.2) is 21.6 Å². The summed E-state index contributed by atoms with van der Waals surface area (Å²) in [6.07, 6.45) is 2.06. The van der Waals surface area contributed by atoms with Gasteiger partial charge in [-0.1, -0.05) is 0 Å². The smallest absolute Gasteiger partial charge is 0.148 e. The molecule has 0 saturated carbocycles. The Kier molecular flexibility index (Phi) is 4.15. The van der Waals surface area contributed by atoms with Gasteiger partial charge in [-0.2, -0.15) is 5.26 Å². The minimum Gasteiger partial charge on any atom is -0.497 e. The molecule has 0 aliphatic rings. The van der Waals surface area contributed by atoms with Gasteiger partial charge in [0.1, 0.15) is 11.6 Å². The highest BCUT2D eigenvalue weighted by atomic mass is 32.1. The monoisotopic (exact) mass is 396 g/mol. The van der Waals surface area contributed by atoms with Crippen molar-refractivity contribution in [2.45, 2.75) is 0 Å². The van der Waals surface area contributed by atoms with Crippen LogP contribution >= 0.6 is 11.3 Å². The molecule has 5 rings (SSSR count). The van der Waals surface area contributed by atoms with E-state index in [4.69, 9.17) is 10.00 Å². The molecule has 0 aliphatic carbocycles. The number of fused-ring (bicyclic) bond motifs is 1. The Morgan fingerprint density at radius 2 is 1.86 bits per heavy atom. The Hall–Kier alpha value is -3.82. The first-order valence-electron chi connectivity index (χ1n) is 9.07. The van der Waals surface area contributed by atoms with Crippen molar-refractivity contribution in [2.75, 3.05) is 7.11 Å². The van der Waals surface area contributed by atoms with Crippen LogP contribution in [0.1, 0.15) is 5.56 Å². The molecule has 6 heteroatoms. The fourth-order valence-electron chi connectivity index (χ4n) is 3.35. The number of thiophene rings is 1. The zero-order valence-corrected chi connectivity index (χ0v) is 16.4. The number of nitrogens with one attached hydrogen (secondary N) is 1. The third-order valence-corrected chi connectivity index (χ3v) is 5.92. The molecule has 0 atom stereocenters. The second-order valence-corrected chi connectivity index (χ2v) is 7.64. The lowest BCUT2D eigenvalue weighted by atomic mass is 10.2. The fourth-order valence-corrected chi connectivity index (χ4v) is 4.32. The molecule has 5 nitrogen and oxygen atoms in total. The van der Waals surface area contributed by atoms with Gasteiger partial charge in [0.15, 0.2) is 0 Å². The van der Waals surface area contributed by atoms with Gasteiger partial charge in [-0.3, -0.25) is 0 Å². The van der Waals surface area contributed by atoms with Crippen molar-refractivity contribution in [1.29, 1.82) is 5.26 Å². The average molecular weight is 396 g/mol. The summed E-state index contributed by atoms with van der Waals surface area (Å²) in [5.41, 5.74) is 4.55. The lowest BCUT2D eigenvalue weighted by Gasteiger charge is -2.09. The maximum absolute atomic E-state index is 9.09. The molecule has 140 valence electrons. The lowest BCUT2D eigenvalue weighted by Crippen LogP contribution is -1.94. The maximum Gasteiger partial charge on any atom is 0.148 e. The standard InChI is InChI=1S/C23H16N4OS/c1-28-17-7-5-16(6-8-17)27-12-2-3-20(27)21-10-11-22(29-21)23-25-18-9-4-15(14-24)13-19(18)26-23/h2-13H,1H3,(H,25,26). The van der Waals surface area contributed by atoms with Crippen LogP contribution in [0, 0.1) is 11.3 Å². The van der Waals surface area contributed by atoms with Gasteiger partial charge in [0, 0.05) is 11.9 Å². The number of hydrogen-bond acceptors (Lipinski definition) is 4. The van der Waals surface area contributed by atoms with Crippen LogP contribution in [0.15, 0.2) is 72.9 Å². The molecule has 0 aliphatic heterocycles. The van der Waals surface area contributed by atoms with E-state index in [0.29, 0.717) is 5.56 Å². The average Bonchev–Trinajstić information content (AvgIpc) is 3.51. The van der Waals surface area contributed by atoms with Gasteiger partial charge in [-0.05, 0) is 66.7 Å². The summed E-state index contributed by atoms with van der Waals surface area (Å²) in [7, 11) is 1.67. The van der Waals surface area contributed by atoms with Crippen molar-refractivity contribution in [1.82, 2.24) is 14.5 Å². The second-order valence-electron chi connectivity index (χ2n) is 6.55. The first-order valence-corrected chi connectivity index (χ1v) is 9.89. The van der Waals surface area contributed by atoms with Gasteiger partial charge in [-0.15, -0.1) is 11.3 Å². The van der Waals surface area contributed by atoms with Crippen LogP contribution in [0.3, 0.4) is 0 Å². The minimum absolute atomic E-state index is 0.622. The van der Waals surface area contributed by atoms with Gasteiger partial charge < -0.3 is 14.3 Å². The quantitative estimate of drug-likeness (QED) is 0.428. The minimum atomic E-state index is 0.622.